The highest BCUT2D eigenvalue weighted by Gasteiger charge is 2.12. The predicted octanol–water partition coefficient (Wildman–Crippen LogP) is 16.9. The van der Waals surface area contributed by atoms with Crippen molar-refractivity contribution in [2.24, 2.45) is 0 Å². The van der Waals surface area contributed by atoms with E-state index < -0.39 is 12.6 Å². The minimum absolute atomic E-state index is 0.00395. The summed E-state index contributed by atoms with van der Waals surface area (Å²) in [6.45, 7) is 12.3. The van der Waals surface area contributed by atoms with Gasteiger partial charge in [-0.05, 0) is 89.2 Å². The molecule has 0 rings (SSSR count). The van der Waals surface area contributed by atoms with E-state index in [4.69, 9.17) is 33.2 Å². The highest BCUT2D eigenvalue weighted by molar-refractivity contribution is 4.89. The van der Waals surface area contributed by atoms with E-state index in [0.717, 1.165) is 77.8 Å². The Balaban J connectivity index is 3.85. The third-order valence-electron chi connectivity index (χ3n) is 11.6. The van der Waals surface area contributed by atoms with Crippen LogP contribution in [-0.4, -0.2) is 65.8 Å². The maximum absolute atomic E-state index is 6.08. The normalized spacial score (nSPS) is 13.2. The highest BCUT2D eigenvalue weighted by atomic mass is 16.8. The molecule has 0 aromatic heterocycles. The van der Waals surface area contributed by atoms with Gasteiger partial charge in [0, 0.05) is 40.6 Å². The predicted molar refractivity (Wildman–Crippen MR) is 261 cm³/mol. The second-order valence-electron chi connectivity index (χ2n) is 17.6. The van der Waals surface area contributed by atoms with Gasteiger partial charge in [0.1, 0.15) is 0 Å². The Morgan fingerprint density at radius 1 is 0.311 bits per heavy atom. The molecule has 61 heavy (non-hydrogen) atoms. The average Bonchev–Trinajstić information content (AvgIpc) is 3.27. The van der Waals surface area contributed by atoms with Crippen molar-refractivity contribution in [3.8, 4) is 0 Å². The zero-order chi connectivity index (χ0) is 44.4. The summed E-state index contributed by atoms with van der Waals surface area (Å²) >= 11 is 0. The minimum atomic E-state index is -0.391. The first-order chi connectivity index (χ1) is 30.1. The van der Waals surface area contributed by atoms with Crippen LogP contribution in [0.15, 0.2) is 24.3 Å². The Bertz CT molecular complexity index is 774. The zero-order valence-corrected chi connectivity index (χ0v) is 41.8. The van der Waals surface area contributed by atoms with Crippen LogP contribution in [0.1, 0.15) is 259 Å². The summed E-state index contributed by atoms with van der Waals surface area (Å²) in [4.78, 5) is 0. The van der Waals surface area contributed by atoms with Gasteiger partial charge >= 0.3 is 0 Å². The third-order valence-corrected chi connectivity index (χ3v) is 11.6. The maximum atomic E-state index is 6.08. The number of rotatable bonds is 52. The van der Waals surface area contributed by atoms with Gasteiger partial charge in [-0.25, -0.2) is 0 Å². The second-order valence-corrected chi connectivity index (χ2v) is 17.6. The third kappa shape index (κ3) is 45.6. The van der Waals surface area contributed by atoms with Gasteiger partial charge in [-0.15, -0.1) is 0 Å². The van der Waals surface area contributed by atoms with Crippen LogP contribution in [0.5, 0.6) is 0 Å². The summed E-state index contributed by atoms with van der Waals surface area (Å²) in [7, 11) is 3.40. The highest BCUT2D eigenvalue weighted by Crippen LogP contribution is 2.17. The van der Waals surface area contributed by atoms with E-state index in [9.17, 15) is 0 Å². The number of ether oxygens (including phenoxy) is 7. The van der Waals surface area contributed by atoms with Gasteiger partial charge in [0.15, 0.2) is 25.2 Å². The lowest BCUT2D eigenvalue weighted by atomic mass is 10.0. The molecule has 0 bridgehead atoms. The molecule has 0 saturated heterocycles. The fraction of sp³-hybridized carbons (Fsp3) is 0.926. The van der Waals surface area contributed by atoms with Gasteiger partial charge < -0.3 is 33.2 Å². The maximum Gasteiger partial charge on any atom is 0.179 e. The number of methoxy groups -OCH3 is 2. The van der Waals surface area contributed by atoms with E-state index in [1.165, 1.54) is 180 Å². The van der Waals surface area contributed by atoms with Crippen LogP contribution < -0.4 is 0 Å². The SMILES string of the molecule is CCCCCOC(CCCCCCCCCCCCC=CC(OC)OC(C=CCCCCCCCCCCCCC(OCCCCC)OCCCCC)OC)OCCCCC. The van der Waals surface area contributed by atoms with E-state index >= 15 is 0 Å². The molecule has 0 aromatic rings. The Morgan fingerprint density at radius 2 is 0.574 bits per heavy atom. The van der Waals surface area contributed by atoms with Crippen LogP contribution in [-0.2, 0) is 33.2 Å². The number of unbranched alkanes of at least 4 members (excludes halogenated alkanes) is 28. The van der Waals surface area contributed by atoms with Crippen molar-refractivity contribution < 1.29 is 33.2 Å². The molecule has 0 amide bonds. The van der Waals surface area contributed by atoms with Gasteiger partial charge in [0.2, 0.25) is 0 Å². The Hall–Kier alpha value is -0.800. The molecule has 0 spiro atoms. The molecule has 0 aliphatic heterocycles. The van der Waals surface area contributed by atoms with Crippen LogP contribution >= 0.6 is 0 Å². The topological polar surface area (TPSA) is 64.6 Å². The van der Waals surface area contributed by atoms with E-state index in [1.807, 2.05) is 12.2 Å². The first-order valence-corrected chi connectivity index (χ1v) is 26.7. The molecule has 0 aromatic carbocycles. The number of hydrogen-bond donors (Lipinski definition) is 0. The number of allylic oxidation sites excluding steroid dienone is 2. The van der Waals surface area contributed by atoms with Gasteiger partial charge in [-0.3, -0.25) is 0 Å². The Labute approximate surface area is 380 Å². The molecule has 2 unspecified atom stereocenters. The molecule has 0 saturated carbocycles. The van der Waals surface area contributed by atoms with Crippen molar-refractivity contribution in [1.82, 2.24) is 0 Å². The summed E-state index contributed by atoms with van der Waals surface area (Å²) in [5.74, 6) is 0. The molecule has 0 aliphatic rings. The van der Waals surface area contributed by atoms with Gasteiger partial charge in [-0.2, -0.15) is 0 Å². The summed E-state index contributed by atoms with van der Waals surface area (Å²) in [5.41, 5.74) is 0. The van der Waals surface area contributed by atoms with E-state index in [0.29, 0.717) is 0 Å². The van der Waals surface area contributed by atoms with Crippen molar-refractivity contribution in [3.05, 3.63) is 24.3 Å². The molecular formula is C54H106O7. The summed E-state index contributed by atoms with van der Waals surface area (Å²) < 4.78 is 41.5. The monoisotopic (exact) mass is 867 g/mol. The number of hydrogen-bond acceptors (Lipinski definition) is 7. The van der Waals surface area contributed by atoms with Crippen molar-refractivity contribution in [2.45, 2.75) is 284 Å². The van der Waals surface area contributed by atoms with Crippen LogP contribution in [0, 0.1) is 0 Å². The molecule has 0 N–H and O–H groups in total. The smallest absolute Gasteiger partial charge is 0.179 e. The van der Waals surface area contributed by atoms with Crippen LogP contribution in [0.2, 0.25) is 0 Å². The van der Waals surface area contributed by atoms with E-state index in [1.54, 1.807) is 14.2 Å². The van der Waals surface area contributed by atoms with Crippen molar-refractivity contribution in [2.75, 3.05) is 40.6 Å². The zero-order valence-electron chi connectivity index (χ0n) is 41.8. The lowest BCUT2D eigenvalue weighted by Crippen LogP contribution is -2.22. The first-order valence-electron chi connectivity index (χ1n) is 26.7. The molecule has 2 atom stereocenters. The van der Waals surface area contributed by atoms with Crippen molar-refractivity contribution >= 4 is 0 Å². The molecule has 364 valence electrons. The largest absolute Gasteiger partial charge is 0.353 e. The average molecular weight is 867 g/mol. The molecule has 7 nitrogen and oxygen atoms in total. The fourth-order valence-corrected chi connectivity index (χ4v) is 7.58. The van der Waals surface area contributed by atoms with Gasteiger partial charge in [0.05, 0.1) is 0 Å². The van der Waals surface area contributed by atoms with Crippen molar-refractivity contribution in [3.63, 3.8) is 0 Å². The molecule has 0 aliphatic carbocycles. The first kappa shape index (κ1) is 60.2. The summed E-state index contributed by atoms with van der Waals surface area (Å²) in [5, 5.41) is 0. The van der Waals surface area contributed by atoms with Crippen molar-refractivity contribution in [1.29, 1.82) is 0 Å². The van der Waals surface area contributed by atoms with Gasteiger partial charge in [0.25, 0.3) is 0 Å². The molecule has 0 radical (unpaired) electrons. The lowest BCUT2D eigenvalue weighted by molar-refractivity contribution is -0.188. The Morgan fingerprint density at radius 3 is 0.836 bits per heavy atom. The minimum Gasteiger partial charge on any atom is -0.353 e. The molecule has 0 fully saturated rings. The standard InChI is InChI=1S/C54H106O7/c1-7-11-39-47-57-53(58-48-40-12-8-2)45-37-33-29-25-21-17-15-19-23-27-31-35-43-51(55-5)61-52(56-6)44-36-32-28-24-20-16-18-22-26-30-34-38-46-54(59-49-41-13-9-3)60-50-42-14-10-4/h35-36,43-44,51-54H,7-34,37-42,45-50H2,1-6H3. The fourth-order valence-electron chi connectivity index (χ4n) is 7.58. The molecule has 0 heterocycles. The van der Waals surface area contributed by atoms with Crippen LogP contribution in [0.4, 0.5) is 0 Å². The van der Waals surface area contributed by atoms with E-state index in [2.05, 4.69) is 39.8 Å². The Kier molecular flexibility index (Phi) is 51.2. The summed E-state index contributed by atoms with van der Waals surface area (Å²) in [6.07, 6.45) is 52.6. The lowest BCUT2D eigenvalue weighted by Gasteiger charge is -2.18. The molecule has 7 heteroatoms. The molecular weight excluding hydrogens is 761 g/mol. The van der Waals surface area contributed by atoms with Crippen LogP contribution in [0.3, 0.4) is 0 Å². The quantitative estimate of drug-likeness (QED) is 0.0343. The van der Waals surface area contributed by atoms with Crippen LogP contribution in [0.25, 0.3) is 0 Å². The summed E-state index contributed by atoms with van der Waals surface area (Å²) in [6, 6.07) is 0. The second kappa shape index (κ2) is 51.8. The van der Waals surface area contributed by atoms with Gasteiger partial charge in [-0.1, -0.05) is 194 Å². The van der Waals surface area contributed by atoms with E-state index in [-0.39, 0.29) is 12.6 Å².